The van der Waals surface area contributed by atoms with Crippen LogP contribution in [-0.2, 0) is 15.5 Å². The molecule has 0 bridgehead atoms. The van der Waals surface area contributed by atoms with Crippen LogP contribution in [0.4, 0.5) is 0 Å². The lowest BCUT2D eigenvalue weighted by Crippen LogP contribution is -2.69. The highest BCUT2D eigenvalue weighted by Gasteiger charge is 2.58. The number of benzene rings is 1. The second-order valence-electron chi connectivity index (χ2n) is 7.18. The average Bonchev–Trinajstić information content (AvgIpc) is 2.61. The molecule has 140 valence electrons. The number of nitrogens with one attached hydrogen (secondary N) is 2. The molecule has 1 aliphatic rings. The van der Waals surface area contributed by atoms with E-state index < -0.39 is 10.8 Å². The number of hydrogen-bond acceptors (Lipinski definition) is 3. The van der Waals surface area contributed by atoms with Gasteiger partial charge in [-0.25, -0.2) is 0 Å². The third-order valence-corrected chi connectivity index (χ3v) is 6.84. The molecule has 1 saturated carbocycles. The lowest BCUT2D eigenvalue weighted by Gasteiger charge is -2.59. The van der Waals surface area contributed by atoms with Gasteiger partial charge in [-0.15, -0.1) is 0 Å². The Morgan fingerprint density at radius 3 is 2.56 bits per heavy atom. The Morgan fingerprint density at radius 1 is 1.32 bits per heavy atom. The van der Waals surface area contributed by atoms with Crippen LogP contribution in [0, 0.1) is 5.41 Å². The minimum atomic E-state index is -1.02. The van der Waals surface area contributed by atoms with Crippen molar-refractivity contribution in [1.82, 2.24) is 10.6 Å². The molecule has 0 spiro atoms. The summed E-state index contributed by atoms with van der Waals surface area (Å²) in [7, 11) is 0.758. The van der Waals surface area contributed by atoms with Crippen molar-refractivity contribution >= 4 is 16.8 Å². The molecule has 0 heterocycles. The molecule has 0 amide bonds. The third kappa shape index (κ3) is 4.42. The number of ether oxygens (including phenoxy) is 1. The van der Waals surface area contributed by atoms with E-state index in [1.807, 2.05) is 37.3 Å². The van der Waals surface area contributed by atoms with Crippen molar-refractivity contribution in [2.24, 2.45) is 10.4 Å². The van der Waals surface area contributed by atoms with Crippen LogP contribution >= 0.6 is 0 Å². The Hall–Kier alpha value is -1.40. The number of rotatable bonds is 7. The molecule has 6 heteroatoms. The van der Waals surface area contributed by atoms with Gasteiger partial charge in [0.25, 0.3) is 0 Å². The van der Waals surface area contributed by atoms with Gasteiger partial charge < -0.3 is 15.4 Å². The van der Waals surface area contributed by atoms with Crippen molar-refractivity contribution in [3.05, 3.63) is 30.3 Å². The maximum absolute atomic E-state index is 12.3. The van der Waals surface area contributed by atoms with Gasteiger partial charge in [0, 0.05) is 35.8 Å². The van der Waals surface area contributed by atoms with Crippen LogP contribution in [0.15, 0.2) is 40.2 Å². The molecule has 1 aromatic rings. The zero-order chi connectivity index (χ0) is 18.5. The minimum absolute atomic E-state index is 0.0187. The summed E-state index contributed by atoms with van der Waals surface area (Å²) in [6.45, 7) is 9.94. The Morgan fingerprint density at radius 2 is 2.00 bits per heavy atom. The molecule has 1 aromatic carbocycles. The first-order valence-corrected chi connectivity index (χ1v) is 10.2. The van der Waals surface area contributed by atoms with Gasteiger partial charge >= 0.3 is 0 Å². The van der Waals surface area contributed by atoms with Crippen LogP contribution in [0.1, 0.15) is 34.1 Å². The smallest absolute Gasteiger partial charge is 0.191 e. The van der Waals surface area contributed by atoms with E-state index in [0.717, 1.165) is 23.8 Å². The Kier molecular flexibility index (Phi) is 6.63. The topological polar surface area (TPSA) is 62.7 Å². The molecule has 0 aromatic heterocycles. The van der Waals surface area contributed by atoms with Crippen molar-refractivity contribution < 1.29 is 8.95 Å². The Balaban J connectivity index is 1.92. The molecule has 25 heavy (non-hydrogen) atoms. The molecule has 2 N–H and O–H groups in total. The summed E-state index contributed by atoms with van der Waals surface area (Å²) in [4.78, 5) is 5.45. The number of guanidine groups is 1. The maximum atomic E-state index is 12.3. The lowest BCUT2D eigenvalue weighted by molar-refractivity contribution is -0.176. The second-order valence-corrected chi connectivity index (χ2v) is 8.75. The van der Waals surface area contributed by atoms with Crippen LogP contribution in [0.25, 0.3) is 0 Å². The molecule has 0 aliphatic heterocycles. The fourth-order valence-corrected chi connectivity index (χ4v) is 4.09. The molecule has 1 aliphatic carbocycles. The van der Waals surface area contributed by atoms with E-state index >= 15 is 0 Å². The largest absolute Gasteiger partial charge is 0.378 e. The van der Waals surface area contributed by atoms with E-state index in [4.69, 9.17) is 4.74 Å². The van der Waals surface area contributed by atoms with E-state index in [1.54, 1.807) is 7.11 Å². The summed E-state index contributed by atoms with van der Waals surface area (Å²) >= 11 is 0. The quantitative estimate of drug-likeness (QED) is 0.576. The molecule has 0 saturated heterocycles. The molecule has 1 fully saturated rings. The molecule has 3 atom stereocenters. The molecule has 2 rings (SSSR count). The van der Waals surface area contributed by atoms with Crippen molar-refractivity contribution in [3.63, 3.8) is 0 Å². The standard InChI is InChI=1S/C19H31N3O2S/c1-6-20-17(22-16-14-19(4,24-5)18(16,2)3)21-12-13-25(23)15-10-8-7-9-11-15/h7-11,16H,6,12-14H2,1-5H3,(H2,20,21,22). The second kappa shape index (κ2) is 8.32. The number of nitrogens with zero attached hydrogens (tertiary/aromatic N) is 1. The van der Waals surface area contributed by atoms with Crippen molar-refractivity contribution in [1.29, 1.82) is 0 Å². The van der Waals surface area contributed by atoms with Gasteiger partial charge in [0.2, 0.25) is 0 Å². The summed E-state index contributed by atoms with van der Waals surface area (Å²) in [5.41, 5.74) is -0.0956. The van der Waals surface area contributed by atoms with Gasteiger partial charge in [0.15, 0.2) is 5.96 Å². The van der Waals surface area contributed by atoms with Gasteiger partial charge in [0.05, 0.1) is 22.9 Å². The van der Waals surface area contributed by atoms with Crippen molar-refractivity contribution in [2.75, 3.05) is 26.0 Å². The Labute approximate surface area is 154 Å². The number of methoxy groups -OCH3 is 1. The van der Waals surface area contributed by atoms with Crippen molar-refractivity contribution in [3.8, 4) is 0 Å². The molecule has 5 nitrogen and oxygen atoms in total. The average molecular weight is 366 g/mol. The first-order valence-electron chi connectivity index (χ1n) is 8.87. The highest BCUT2D eigenvalue weighted by atomic mass is 32.2. The third-order valence-electron chi connectivity index (χ3n) is 5.49. The summed E-state index contributed by atoms with van der Waals surface area (Å²) in [6, 6.07) is 9.84. The van der Waals surface area contributed by atoms with E-state index in [0.29, 0.717) is 18.3 Å². The van der Waals surface area contributed by atoms with Crippen molar-refractivity contribution in [2.45, 2.75) is 50.7 Å². The highest BCUT2D eigenvalue weighted by molar-refractivity contribution is 7.85. The summed E-state index contributed by atoms with van der Waals surface area (Å²) in [6.07, 6.45) is 0.941. The van der Waals surface area contributed by atoms with Crippen LogP contribution in [0.2, 0.25) is 0 Å². The van der Waals surface area contributed by atoms with Gasteiger partial charge in [-0.3, -0.25) is 9.20 Å². The highest BCUT2D eigenvalue weighted by Crippen LogP contribution is 2.51. The van der Waals surface area contributed by atoms with Gasteiger partial charge in [-0.2, -0.15) is 0 Å². The van der Waals surface area contributed by atoms with E-state index in [2.05, 4.69) is 36.4 Å². The zero-order valence-electron chi connectivity index (χ0n) is 16.0. The summed E-state index contributed by atoms with van der Waals surface area (Å²) < 4.78 is 18.0. The van der Waals surface area contributed by atoms with E-state index in [9.17, 15) is 4.21 Å². The lowest BCUT2D eigenvalue weighted by atomic mass is 9.56. The molecule has 3 unspecified atom stereocenters. The first-order chi connectivity index (χ1) is 11.8. The van der Waals surface area contributed by atoms with Crippen LogP contribution in [-0.4, -0.2) is 47.8 Å². The van der Waals surface area contributed by atoms with Crippen LogP contribution in [0.5, 0.6) is 0 Å². The van der Waals surface area contributed by atoms with E-state index in [-0.39, 0.29) is 11.0 Å². The van der Waals surface area contributed by atoms with Crippen LogP contribution in [0.3, 0.4) is 0 Å². The maximum Gasteiger partial charge on any atom is 0.191 e. The van der Waals surface area contributed by atoms with Gasteiger partial charge in [0.1, 0.15) is 0 Å². The predicted octanol–water partition coefficient (Wildman–Crippen LogP) is 2.55. The number of hydrogen-bond donors (Lipinski definition) is 2. The van der Waals surface area contributed by atoms with Gasteiger partial charge in [-0.05, 0) is 32.4 Å². The predicted molar refractivity (Wildman–Crippen MR) is 104 cm³/mol. The number of aliphatic imine (C=N–C) groups is 1. The monoisotopic (exact) mass is 365 g/mol. The molecule has 0 radical (unpaired) electrons. The van der Waals surface area contributed by atoms with Crippen LogP contribution < -0.4 is 10.6 Å². The molecular weight excluding hydrogens is 334 g/mol. The fourth-order valence-electron chi connectivity index (χ4n) is 3.14. The summed E-state index contributed by atoms with van der Waals surface area (Å²) in [5.74, 6) is 1.30. The zero-order valence-corrected chi connectivity index (χ0v) is 16.8. The molecular formula is C19H31N3O2S. The minimum Gasteiger partial charge on any atom is -0.378 e. The SMILES string of the molecule is CCNC(=NCCS(=O)c1ccccc1)NC1CC(C)(OC)C1(C)C. The first kappa shape index (κ1) is 19.9. The Bertz CT molecular complexity index is 618. The normalized spacial score (nSPS) is 26.6. The summed E-state index contributed by atoms with van der Waals surface area (Å²) in [5, 5.41) is 6.79. The fraction of sp³-hybridized carbons (Fsp3) is 0.632. The van der Waals surface area contributed by atoms with E-state index in [1.165, 1.54) is 0 Å². The van der Waals surface area contributed by atoms with Gasteiger partial charge in [-0.1, -0.05) is 32.0 Å².